The van der Waals surface area contributed by atoms with Crippen LogP contribution in [0.1, 0.15) is 62.4 Å². The molecule has 1 fully saturated rings. The summed E-state index contributed by atoms with van der Waals surface area (Å²) in [7, 11) is 1.38. The Bertz CT molecular complexity index is 960. The first-order valence-electron chi connectivity index (χ1n) is 10.4. The average molecular weight is 437 g/mol. The highest BCUT2D eigenvalue weighted by Crippen LogP contribution is 2.37. The summed E-state index contributed by atoms with van der Waals surface area (Å²) < 4.78 is 12.7. The lowest BCUT2D eigenvalue weighted by Gasteiger charge is -2.27. The van der Waals surface area contributed by atoms with Gasteiger partial charge in [0.1, 0.15) is 4.83 Å². The summed E-state index contributed by atoms with van der Waals surface area (Å²) in [6.07, 6.45) is 6.35. The van der Waals surface area contributed by atoms with Gasteiger partial charge < -0.3 is 9.47 Å². The van der Waals surface area contributed by atoms with Gasteiger partial charge in [0.2, 0.25) is 0 Å². The Morgan fingerprint density at radius 1 is 1.34 bits per heavy atom. The van der Waals surface area contributed by atoms with Gasteiger partial charge in [-0.1, -0.05) is 44.9 Å². The molecule has 1 aliphatic carbocycles. The van der Waals surface area contributed by atoms with Crippen molar-refractivity contribution >= 4 is 39.3 Å². The minimum atomic E-state index is -0.307. The molecule has 3 heterocycles. The molecular formula is C21H28N2O4S2. The Morgan fingerprint density at radius 3 is 2.79 bits per heavy atom. The average Bonchev–Trinajstić information content (AvgIpc) is 3.10. The Kier molecular flexibility index (Phi) is 6.32. The second-order valence-electron chi connectivity index (χ2n) is 8.21. The van der Waals surface area contributed by atoms with Gasteiger partial charge in [0.15, 0.2) is 5.16 Å². The van der Waals surface area contributed by atoms with E-state index < -0.39 is 0 Å². The lowest BCUT2D eigenvalue weighted by Crippen LogP contribution is -2.31. The first-order valence-corrected chi connectivity index (χ1v) is 12.2. The molecule has 0 unspecified atom stereocenters. The number of carbonyl (C=O) groups excluding carboxylic acids is 1. The quantitative estimate of drug-likeness (QED) is 0.395. The van der Waals surface area contributed by atoms with Crippen molar-refractivity contribution in [1.82, 2.24) is 9.55 Å². The topological polar surface area (TPSA) is 70.4 Å². The predicted octanol–water partition coefficient (Wildman–Crippen LogP) is 4.33. The van der Waals surface area contributed by atoms with Crippen molar-refractivity contribution in [2.24, 2.45) is 5.92 Å². The van der Waals surface area contributed by atoms with Crippen LogP contribution in [0.5, 0.6) is 0 Å². The van der Waals surface area contributed by atoms with Crippen LogP contribution in [-0.4, -0.2) is 34.5 Å². The SMILES string of the molecule is COC(=O)CSc1nc2sc3c(c2c(=O)n1C1CCCCC1)C[C@H](C(C)C)OC3. The first-order chi connectivity index (χ1) is 14.0. The Balaban J connectivity index is 1.82. The predicted molar refractivity (Wildman–Crippen MR) is 116 cm³/mol. The molecule has 0 bridgehead atoms. The van der Waals surface area contributed by atoms with E-state index >= 15 is 0 Å². The van der Waals surface area contributed by atoms with Crippen molar-refractivity contribution in [2.75, 3.05) is 12.9 Å². The monoisotopic (exact) mass is 436 g/mol. The summed E-state index contributed by atoms with van der Waals surface area (Å²) in [5, 5.41) is 1.41. The summed E-state index contributed by atoms with van der Waals surface area (Å²) in [6.45, 7) is 4.86. The van der Waals surface area contributed by atoms with Gasteiger partial charge >= 0.3 is 5.97 Å². The number of esters is 1. The van der Waals surface area contributed by atoms with Crippen molar-refractivity contribution in [2.45, 2.75) is 76.3 Å². The van der Waals surface area contributed by atoms with Gasteiger partial charge in [0.25, 0.3) is 5.56 Å². The van der Waals surface area contributed by atoms with E-state index in [1.165, 1.54) is 25.3 Å². The van der Waals surface area contributed by atoms with E-state index in [1.807, 2.05) is 4.57 Å². The van der Waals surface area contributed by atoms with Crippen LogP contribution in [0.15, 0.2) is 9.95 Å². The van der Waals surface area contributed by atoms with E-state index in [2.05, 4.69) is 13.8 Å². The molecule has 8 heteroatoms. The van der Waals surface area contributed by atoms with Gasteiger partial charge in [0.05, 0.1) is 31.0 Å². The van der Waals surface area contributed by atoms with Gasteiger partial charge in [-0.05, 0) is 24.3 Å². The third-order valence-electron chi connectivity index (χ3n) is 5.97. The highest BCUT2D eigenvalue weighted by atomic mass is 32.2. The largest absolute Gasteiger partial charge is 0.468 e. The number of hydrogen-bond acceptors (Lipinski definition) is 7. The summed E-state index contributed by atoms with van der Waals surface area (Å²) in [4.78, 5) is 32.2. The number of nitrogens with zero attached hydrogens (tertiary/aromatic N) is 2. The fourth-order valence-electron chi connectivity index (χ4n) is 4.29. The molecular weight excluding hydrogens is 408 g/mol. The van der Waals surface area contributed by atoms with Crippen LogP contribution in [0.4, 0.5) is 0 Å². The summed E-state index contributed by atoms with van der Waals surface area (Å²) in [5.74, 6) is 0.254. The van der Waals surface area contributed by atoms with E-state index in [1.54, 1.807) is 11.3 Å². The number of methoxy groups -OCH3 is 1. The smallest absolute Gasteiger partial charge is 0.316 e. The van der Waals surface area contributed by atoms with E-state index in [-0.39, 0.29) is 29.4 Å². The molecule has 4 rings (SSSR count). The molecule has 2 aromatic heterocycles. The molecule has 158 valence electrons. The Morgan fingerprint density at radius 2 is 2.10 bits per heavy atom. The Labute approximate surface area is 179 Å². The van der Waals surface area contributed by atoms with Crippen molar-refractivity contribution < 1.29 is 14.3 Å². The number of rotatable bonds is 5. The van der Waals surface area contributed by atoms with Crippen molar-refractivity contribution in [3.63, 3.8) is 0 Å². The fraction of sp³-hybridized carbons (Fsp3) is 0.667. The fourth-order valence-corrected chi connectivity index (χ4v) is 6.36. The van der Waals surface area contributed by atoms with Crippen molar-refractivity contribution in [1.29, 1.82) is 0 Å². The zero-order chi connectivity index (χ0) is 20.5. The third-order valence-corrected chi connectivity index (χ3v) is 8.00. The second-order valence-corrected chi connectivity index (χ2v) is 10.2. The normalized spacial score (nSPS) is 20.2. The lowest BCUT2D eigenvalue weighted by molar-refractivity contribution is -0.137. The maximum Gasteiger partial charge on any atom is 0.316 e. The molecule has 0 amide bonds. The molecule has 0 aromatic carbocycles. The van der Waals surface area contributed by atoms with Crippen LogP contribution >= 0.6 is 23.1 Å². The third kappa shape index (κ3) is 4.11. The highest BCUT2D eigenvalue weighted by molar-refractivity contribution is 7.99. The van der Waals surface area contributed by atoms with E-state index in [4.69, 9.17) is 14.5 Å². The van der Waals surface area contributed by atoms with Gasteiger partial charge in [-0.15, -0.1) is 11.3 Å². The van der Waals surface area contributed by atoms with Crippen molar-refractivity contribution in [3.8, 4) is 0 Å². The van der Waals surface area contributed by atoms with E-state index in [0.717, 1.165) is 52.8 Å². The summed E-state index contributed by atoms with van der Waals surface area (Å²) in [6, 6.07) is 0.157. The second kappa shape index (κ2) is 8.78. The molecule has 0 N–H and O–H groups in total. The van der Waals surface area contributed by atoms with E-state index in [9.17, 15) is 9.59 Å². The number of aromatic nitrogens is 2. The standard InChI is InChI=1S/C21H28N2O4S2/c1-12(2)15-9-14-16(10-27-15)29-19-18(14)20(25)23(13-7-5-4-6-8-13)21(22-19)28-11-17(24)26-3/h12-13,15H,4-11H2,1-3H3/t15-/m1/s1. The van der Waals surface area contributed by atoms with Crippen LogP contribution in [0.2, 0.25) is 0 Å². The molecule has 0 radical (unpaired) electrons. The zero-order valence-corrected chi connectivity index (χ0v) is 18.9. The maximum absolute atomic E-state index is 13.7. The number of hydrogen-bond donors (Lipinski definition) is 0. The van der Waals surface area contributed by atoms with Crippen LogP contribution < -0.4 is 5.56 Å². The molecule has 29 heavy (non-hydrogen) atoms. The van der Waals surface area contributed by atoms with Crippen LogP contribution in [0.3, 0.4) is 0 Å². The lowest BCUT2D eigenvalue weighted by atomic mass is 9.94. The highest BCUT2D eigenvalue weighted by Gasteiger charge is 2.30. The molecule has 0 saturated heterocycles. The van der Waals surface area contributed by atoms with Crippen molar-refractivity contribution in [3.05, 3.63) is 20.8 Å². The molecule has 1 saturated carbocycles. The van der Waals surface area contributed by atoms with Crippen LogP contribution in [0, 0.1) is 5.92 Å². The minimum absolute atomic E-state index is 0.0520. The minimum Gasteiger partial charge on any atom is -0.468 e. The maximum atomic E-state index is 13.7. The van der Waals surface area contributed by atoms with E-state index in [0.29, 0.717) is 17.7 Å². The van der Waals surface area contributed by atoms with Gasteiger partial charge in [0, 0.05) is 17.3 Å². The zero-order valence-electron chi connectivity index (χ0n) is 17.2. The molecule has 6 nitrogen and oxygen atoms in total. The molecule has 2 aliphatic rings. The number of thiophene rings is 1. The van der Waals surface area contributed by atoms with Gasteiger partial charge in [-0.25, -0.2) is 4.98 Å². The van der Waals surface area contributed by atoms with Crippen LogP contribution in [0.25, 0.3) is 10.2 Å². The Hall–Kier alpha value is -1.38. The molecule has 2 aromatic rings. The van der Waals surface area contributed by atoms with Gasteiger partial charge in [-0.2, -0.15) is 0 Å². The number of fused-ring (bicyclic) bond motifs is 3. The van der Waals surface area contributed by atoms with Crippen LogP contribution in [-0.2, 0) is 27.3 Å². The molecule has 1 aliphatic heterocycles. The summed E-state index contributed by atoms with van der Waals surface area (Å²) >= 11 is 2.86. The number of ether oxygens (including phenoxy) is 2. The number of carbonyl (C=O) groups is 1. The number of thioether (sulfide) groups is 1. The molecule has 0 spiro atoms. The van der Waals surface area contributed by atoms with Gasteiger partial charge in [-0.3, -0.25) is 14.2 Å². The summed E-state index contributed by atoms with van der Waals surface area (Å²) in [5.41, 5.74) is 1.18. The first kappa shape index (κ1) is 20.9. The molecule has 1 atom stereocenters.